The molecule has 0 aliphatic carbocycles. The molecule has 0 amide bonds. The van der Waals surface area contributed by atoms with Gasteiger partial charge in [0.05, 0.1) is 10.6 Å². The first-order valence-electron chi connectivity index (χ1n) is 8.45. The van der Waals surface area contributed by atoms with Gasteiger partial charge in [0, 0.05) is 32.2 Å². The van der Waals surface area contributed by atoms with Crippen LogP contribution in [-0.4, -0.2) is 52.1 Å². The van der Waals surface area contributed by atoms with Crippen LogP contribution in [0.1, 0.15) is 0 Å². The summed E-state index contributed by atoms with van der Waals surface area (Å²) in [6, 6.07) is 11.2. The van der Waals surface area contributed by atoms with Crippen LogP contribution in [0, 0.1) is 5.82 Å². The standard InChI is InChI=1S/C18H19FN2O4S/c19-15-3-1-2-4-16(15)20-7-9-21(10-8-20)26(22,23)14-5-6-17-18(13-14)25-12-11-24-17/h1-6,13H,7-12H2. The van der Waals surface area contributed by atoms with Crippen molar-refractivity contribution < 1.29 is 22.3 Å². The Morgan fingerprint density at radius 3 is 2.31 bits per heavy atom. The molecular weight excluding hydrogens is 359 g/mol. The van der Waals surface area contributed by atoms with Gasteiger partial charge in [-0.2, -0.15) is 4.31 Å². The van der Waals surface area contributed by atoms with Gasteiger partial charge in [-0.3, -0.25) is 0 Å². The number of sulfonamides is 1. The van der Waals surface area contributed by atoms with E-state index in [2.05, 4.69) is 0 Å². The van der Waals surface area contributed by atoms with Gasteiger partial charge in [-0.1, -0.05) is 12.1 Å². The number of para-hydroxylation sites is 1. The number of fused-ring (bicyclic) bond motifs is 1. The van der Waals surface area contributed by atoms with Gasteiger partial charge in [0.2, 0.25) is 10.0 Å². The van der Waals surface area contributed by atoms with Crippen molar-refractivity contribution >= 4 is 15.7 Å². The molecule has 0 spiro atoms. The van der Waals surface area contributed by atoms with Gasteiger partial charge in [-0.15, -0.1) is 0 Å². The van der Waals surface area contributed by atoms with E-state index >= 15 is 0 Å². The van der Waals surface area contributed by atoms with Crippen LogP contribution in [0.15, 0.2) is 47.4 Å². The Labute approximate surface area is 151 Å². The predicted octanol–water partition coefficient (Wildman–Crippen LogP) is 2.11. The molecule has 0 aromatic heterocycles. The van der Waals surface area contributed by atoms with E-state index in [1.54, 1.807) is 24.3 Å². The minimum Gasteiger partial charge on any atom is -0.486 e. The molecule has 26 heavy (non-hydrogen) atoms. The summed E-state index contributed by atoms with van der Waals surface area (Å²) >= 11 is 0. The molecule has 2 aliphatic rings. The summed E-state index contributed by atoms with van der Waals surface area (Å²) in [7, 11) is -3.63. The van der Waals surface area contributed by atoms with Crippen LogP contribution in [0.2, 0.25) is 0 Å². The first-order chi connectivity index (χ1) is 12.6. The monoisotopic (exact) mass is 378 g/mol. The van der Waals surface area contributed by atoms with E-state index < -0.39 is 10.0 Å². The minimum absolute atomic E-state index is 0.182. The molecule has 6 nitrogen and oxygen atoms in total. The number of benzene rings is 2. The molecule has 138 valence electrons. The Bertz CT molecular complexity index is 911. The zero-order chi connectivity index (χ0) is 18.1. The van der Waals surface area contributed by atoms with Crippen LogP contribution < -0.4 is 14.4 Å². The quantitative estimate of drug-likeness (QED) is 0.819. The SMILES string of the molecule is O=S(=O)(c1ccc2c(c1)OCCO2)N1CCN(c2ccccc2F)CC1. The number of piperazine rings is 1. The summed E-state index contributed by atoms with van der Waals surface area (Å²) in [4.78, 5) is 2.05. The molecule has 0 radical (unpaired) electrons. The van der Waals surface area contributed by atoms with Crippen molar-refractivity contribution in [1.29, 1.82) is 0 Å². The average Bonchev–Trinajstić information content (AvgIpc) is 2.68. The number of nitrogens with zero attached hydrogens (tertiary/aromatic N) is 2. The molecule has 0 atom stereocenters. The molecule has 2 aliphatic heterocycles. The van der Waals surface area contributed by atoms with Gasteiger partial charge in [0.15, 0.2) is 11.5 Å². The zero-order valence-electron chi connectivity index (χ0n) is 14.1. The lowest BCUT2D eigenvalue weighted by Crippen LogP contribution is -2.48. The number of anilines is 1. The second-order valence-electron chi connectivity index (χ2n) is 6.15. The maximum Gasteiger partial charge on any atom is 0.243 e. The molecule has 4 rings (SSSR count). The van der Waals surface area contributed by atoms with Gasteiger partial charge in [0.1, 0.15) is 19.0 Å². The average molecular weight is 378 g/mol. The smallest absolute Gasteiger partial charge is 0.243 e. The van der Waals surface area contributed by atoms with Crippen molar-refractivity contribution in [3.05, 3.63) is 48.3 Å². The van der Waals surface area contributed by atoms with Gasteiger partial charge < -0.3 is 14.4 Å². The van der Waals surface area contributed by atoms with Gasteiger partial charge in [-0.05, 0) is 24.3 Å². The van der Waals surface area contributed by atoms with Crippen molar-refractivity contribution in [2.75, 3.05) is 44.3 Å². The van der Waals surface area contributed by atoms with Crippen LogP contribution >= 0.6 is 0 Å². The first kappa shape index (κ1) is 17.1. The third-order valence-electron chi connectivity index (χ3n) is 4.58. The molecule has 2 aromatic carbocycles. The van der Waals surface area contributed by atoms with Crippen molar-refractivity contribution in [2.45, 2.75) is 4.90 Å². The molecule has 2 heterocycles. The van der Waals surface area contributed by atoms with Crippen LogP contribution in [0.25, 0.3) is 0 Å². The maximum absolute atomic E-state index is 13.9. The first-order valence-corrected chi connectivity index (χ1v) is 9.89. The Morgan fingerprint density at radius 1 is 0.885 bits per heavy atom. The maximum atomic E-state index is 13.9. The number of halogens is 1. The van der Waals surface area contributed by atoms with E-state index in [-0.39, 0.29) is 10.7 Å². The predicted molar refractivity (Wildman–Crippen MR) is 94.8 cm³/mol. The topological polar surface area (TPSA) is 59.1 Å². The molecule has 0 saturated carbocycles. The van der Waals surface area contributed by atoms with Crippen molar-refractivity contribution in [3.8, 4) is 11.5 Å². The van der Waals surface area contributed by atoms with Crippen molar-refractivity contribution in [1.82, 2.24) is 4.31 Å². The highest BCUT2D eigenvalue weighted by molar-refractivity contribution is 7.89. The minimum atomic E-state index is -3.63. The van der Waals surface area contributed by atoms with Crippen LogP contribution in [0.5, 0.6) is 11.5 Å². The number of rotatable bonds is 3. The fourth-order valence-electron chi connectivity index (χ4n) is 3.21. The van der Waals surface area contributed by atoms with Crippen molar-refractivity contribution in [2.24, 2.45) is 0 Å². The molecule has 1 saturated heterocycles. The fraction of sp³-hybridized carbons (Fsp3) is 0.333. The number of hydrogen-bond donors (Lipinski definition) is 0. The van der Waals surface area contributed by atoms with Crippen molar-refractivity contribution in [3.63, 3.8) is 0 Å². The molecule has 0 bridgehead atoms. The Morgan fingerprint density at radius 2 is 1.58 bits per heavy atom. The second-order valence-corrected chi connectivity index (χ2v) is 8.09. The highest BCUT2D eigenvalue weighted by Gasteiger charge is 2.30. The second kappa shape index (κ2) is 6.77. The fourth-order valence-corrected chi connectivity index (χ4v) is 4.65. The van der Waals surface area contributed by atoms with Crippen LogP contribution in [-0.2, 0) is 10.0 Å². The van der Waals surface area contributed by atoms with Crippen LogP contribution in [0.3, 0.4) is 0 Å². The summed E-state index contributed by atoms with van der Waals surface area (Å²) in [6.45, 7) is 2.32. The largest absolute Gasteiger partial charge is 0.486 e. The lowest BCUT2D eigenvalue weighted by molar-refractivity contribution is 0.171. The van der Waals surface area contributed by atoms with E-state index in [0.717, 1.165) is 0 Å². The van der Waals surface area contributed by atoms with E-state index in [0.29, 0.717) is 56.6 Å². The number of hydrogen-bond acceptors (Lipinski definition) is 5. The third-order valence-corrected chi connectivity index (χ3v) is 6.48. The summed E-state index contributed by atoms with van der Waals surface area (Å²) in [5.41, 5.74) is 0.504. The molecule has 1 fully saturated rings. The van der Waals surface area contributed by atoms with Gasteiger partial charge >= 0.3 is 0 Å². The summed E-state index contributed by atoms with van der Waals surface area (Å²) < 4.78 is 52.1. The Kier molecular flexibility index (Phi) is 4.46. The molecule has 8 heteroatoms. The van der Waals surface area contributed by atoms with Gasteiger partial charge in [-0.25, -0.2) is 12.8 Å². The normalized spacial score (nSPS) is 18.0. The lowest BCUT2D eigenvalue weighted by atomic mass is 10.2. The third kappa shape index (κ3) is 3.10. The highest BCUT2D eigenvalue weighted by atomic mass is 32.2. The molecular formula is C18H19FN2O4S. The lowest BCUT2D eigenvalue weighted by Gasteiger charge is -2.35. The van der Waals surface area contributed by atoms with E-state index in [4.69, 9.17) is 9.47 Å². The molecule has 2 aromatic rings. The summed E-state index contributed by atoms with van der Waals surface area (Å²) in [5.74, 6) is 0.706. The highest BCUT2D eigenvalue weighted by Crippen LogP contribution is 2.33. The Hall–Kier alpha value is -2.32. The van der Waals surface area contributed by atoms with Gasteiger partial charge in [0.25, 0.3) is 0 Å². The van der Waals surface area contributed by atoms with E-state index in [9.17, 15) is 12.8 Å². The Balaban J connectivity index is 1.51. The zero-order valence-corrected chi connectivity index (χ0v) is 14.9. The summed E-state index contributed by atoms with van der Waals surface area (Å²) in [6.07, 6.45) is 0. The molecule has 0 N–H and O–H groups in total. The van der Waals surface area contributed by atoms with E-state index in [1.807, 2.05) is 4.90 Å². The molecule has 0 unspecified atom stereocenters. The summed E-state index contributed by atoms with van der Waals surface area (Å²) in [5, 5.41) is 0. The van der Waals surface area contributed by atoms with E-state index in [1.165, 1.54) is 22.5 Å². The number of ether oxygens (including phenoxy) is 2. The van der Waals surface area contributed by atoms with Crippen LogP contribution in [0.4, 0.5) is 10.1 Å².